The standard InChI is InChI=1S/C44H83NO2/c1-5-9-11-13-15-17-19-21-23-25-27-29-31-33-35-37-41-46-43-44(39-40-45(7-3)8-4)47-42-38-36-34-32-30-28-26-24-22-20-18-16-14-12-10-6-2/h15-18,21-24,44H,5-14,19-20,25-43H2,1-4H3/b17-15+,18-16+,23-21+,24-22+. The van der Waals surface area contributed by atoms with Gasteiger partial charge in [0, 0.05) is 19.8 Å². The van der Waals surface area contributed by atoms with E-state index in [0.29, 0.717) is 0 Å². The number of unbranched alkanes of at least 4 members (excludes halogenated alkanes) is 18. The Morgan fingerprint density at radius 2 is 0.851 bits per heavy atom. The van der Waals surface area contributed by atoms with E-state index in [2.05, 4.69) is 81.2 Å². The molecule has 0 fully saturated rings. The van der Waals surface area contributed by atoms with Crippen LogP contribution in [0.5, 0.6) is 0 Å². The minimum Gasteiger partial charge on any atom is -0.379 e. The summed E-state index contributed by atoms with van der Waals surface area (Å²) in [6.07, 6.45) is 51.0. The Morgan fingerprint density at radius 3 is 1.30 bits per heavy atom. The highest BCUT2D eigenvalue weighted by atomic mass is 16.5. The molecule has 0 saturated heterocycles. The van der Waals surface area contributed by atoms with Gasteiger partial charge in [0.15, 0.2) is 0 Å². The van der Waals surface area contributed by atoms with Gasteiger partial charge < -0.3 is 14.4 Å². The summed E-state index contributed by atoms with van der Waals surface area (Å²) >= 11 is 0. The highest BCUT2D eigenvalue weighted by molar-refractivity contribution is 4.93. The van der Waals surface area contributed by atoms with Gasteiger partial charge in [-0.3, -0.25) is 0 Å². The first kappa shape index (κ1) is 45.8. The minimum atomic E-state index is 0.234. The molecule has 1 unspecified atom stereocenters. The smallest absolute Gasteiger partial charge is 0.0820 e. The molecule has 0 heterocycles. The predicted molar refractivity (Wildman–Crippen MR) is 212 cm³/mol. The van der Waals surface area contributed by atoms with Crippen LogP contribution in [-0.2, 0) is 9.47 Å². The molecular weight excluding hydrogens is 574 g/mol. The van der Waals surface area contributed by atoms with Gasteiger partial charge in [0.05, 0.1) is 12.7 Å². The lowest BCUT2D eigenvalue weighted by Crippen LogP contribution is -2.30. The van der Waals surface area contributed by atoms with Crippen LogP contribution in [0.3, 0.4) is 0 Å². The van der Waals surface area contributed by atoms with Gasteiger partial charge in [-0.2, -0.15) is 0 Å². The lowest BCUT2D eigenvalue weighted by molar-refractivity contribution is -0.0259. The molecule has 0 aromatic carbocycles. The number of hydrogen-bond donors (Lipinski definition) is 0. The van der Waals surface area contributed by atoms with Crippen molar-refractivity contribution in [2.45, 2.75) is 194 Å². The van der Waals surface area contributed by atoms with E-state index < -0.39 is 0 Å². The van der Waals surface area contributed by atoms with Crippen molar-refractivity contribution in [3.8, 4) is 0 Å². The zero-order valence-electron chi connectivity index (χ0n) is 32.4. The van der Waals surface area contributed by atoms with Crippen LogP contribution in [0.2, 0.25) is 0 Å². The number of rotatable bonds is 38. The summed E-state index contributed by atoms with van der Waals surface area (Å²) in [4.78, 5) is 2.50. The molecule has 0 spiro atoms. The molecule has 0 radical (unpaired) electrons. The second kappa shape index (κ2) is 41.0. The second-order valence-corrected chi connectivity index (χ2v) is 13.6. The Labute approximate surface area is 296 Å². The Morgan fingerprint density at radius 1 is 0.447 bits per heavy atom. The molecular formula is C44H83NO2. The molecule has 1 atom stereocenters. The van der Waals surface area contributed by atoms with Gasteiger partial charge in [-0.15, -0.1) is 0 Å². The molecule has 47 heavy (non-hydrogen) atoms. The molecule has 0 N–H and O–H groups in total. The average molecular weight is 658 g/mol. The van der Waals surface area contributed by atoms with E-state index in [1.165, 1.54) is 141 Å². The maximum Gasteiger partial charge on any atom is 0.0820 e. The first-order chi connectivity index (χ1) is 23.3. The highest BCUT2D eigenvalue weighted by Crippen LogP contribution is 2.12. The molecule has 3 nitrogen and oxygen atoms in total. The van der Waals surface area contributed by atoms with Crippen molar-refractivity contribution in [3.05, 3.63) is 48.6 Å². The zero-order chi connectivity index (χ0) is 34.1. The summed E-state index contributed by atoms with van der Waals surface area (Å²) in [5.41, 5.74) is 0. The molecule has 3 heteroatoms. The number of hydrogen-bond acceptors (Lipinski definition) is 3. The van der Waals surface area contributed by atoms with Crippen LogP contribution in [0, 0.1) is 0 Å². The quantitative estimate of drug-likeness (QED) is 0.0487. The molecule has 276 valence electrons. The van der Waals surface area contributed by atoms with Gasteiger partial charge in [0.2, 0.25) is 0 Å². The lowest BCUT2D eigenvalue weighted by atomic mass is 10.1. The molecule has 0 aliphatic rings. The third-order valence-electron chi connectivity index (χ3n) is 9.15. The van der Waals surface area contributed by atoms with Gasteiger partial charge in [-0.05, 0) is 96.6 Å². The van der Waals surface area contributed by atoms with Crippen molar-refractivity contribution in [3.63, 3.8) is 0 Å². The third-order valence-corrected chi connectivity index (χ3v) is 9.15. The van der Waals surface area contributed by atoms with Crippen LogP contribution in [0.15, 0.2) is 48.6 Å². The van der Waals surface area contributed by atoms with E-state index in [0.717, 1.165) is 58.7 Å². The summed E-state index contributed by atoms with van der Waals surface area (Å²) in [6, 6.07) is 0. The predicted octanol–water partition coefficient (Wildman–Crippen LogP) is 13.7. The lowest BCUT2D eigenvalue weighted by Gasteiger charge is -2.23. The van der Waals surface area contributed by atoms with E-state index in [9.17, 15) is 0 Å². The average Bonchev–Trinajstić information content (AvgIpc) is 3.09. The topological polar surface area (TPSA) is 21.7 Å². The van der Waals surface area contributed by atoms with Crippen molar-refractivity contribution in [1.29, 1.82) is 0 Å². The fourth-order valence-electron chi connectivity index (χ4n) is 5.83. The number of nitrogens with zero attached hydrogens (tertiary/aromatic N) is 1. The molecule has 0 aromatic heterocycles. The molecule has 0 aromatic rings. The molecule has 0 aliphatic heterocycles. The fraction of sp³-hybridized carbons (Fsp3) is 0.818. The third kappa shape index (κ3) is 37.5. The van der Waals surface area contributed by atoms with Crippen molar-refractivity contribution in [2.75, 3.05) is 39.5 Å². The van der Waals surface area contributed by atoms with Gasteiger partial charge in [0.25, 0.3) is 0 Å². The zero-order valence-corrected chi connectivity index (χ0v) is 32.4. The summed E-state index contributed by atoms with van der Waals surface area (Å²) in [5, 5.41) is 0. The first-order valence-corrected chi connectivity index (χ1v) is 20.8. The Hall–Kier alpha value is -1.16. The van der Waals surface area contributed by atoms with Crippen LogP contribution >= 0.6 is 0 Å². The van der Waals surface area contributed by atoms with Crippen LogP contribution in [-0.4, -0.2) is 50.5 Å². The number of allylic oxidation sites excluding steroid dienone is 8. The van der Waals surface area contributed by atoms with E-state index in [1.54, 1.807) is 0 Å². The van der Waals surface area contributed by atoms with Gasteiger partial charge >= 0.3 is 0 Å². The van der Waals surface area contributed by atoms with Gasteiger partial charge in [-0.25, -0.2) is 0 Å². The van der Waals surface area contributed by atoms with Gasteiger partial charge in [-0.1, -0.05) is 153 Å². The summed E-state index contributed by atoms with van der Waals surface area (Å²) in [7, 11) is 0. The van der Waals surface area contributed by atoms with Crippen molar-refractivity contribution in [2.24, 2.45) is 0 Å². The Kier molecular flexibility index (Phi) is 40.0. The van der Waals surface area contributed by atoms with Crippen LogP contribution < -0.4 is 0 Å². The molecule has 0 saturated carbocycles. The number of ether oxygens (including phenoxy) is 2. The van der Waals surface area contributed by atoms with Crippen LogP contribution in [0.1, 0.15) is 188 Å². The summed E-state index contributed by atoms with van der Waals surface area (Å²) in [6.45, 7) is 14.9. The molecule has 0 amide bonds. The molecule has 0 rings (SSSR count). The van der Waals surface area contributed by atoms with E-state index >= 15 is 0 Å². The Balaban J connectivity index is 3.82. The maximum atomic E-state index is 6.36. The van der Waals surface area contributed by atoms with Crippen molar-refractivity contribution < 1.29 is 9.47 Å². The van der Waals surface area contributed by atoms with Crippen LogP contribution in [0.4, 0.5) is 0 Å². The van der Waals surface area contributed by atoms with E-state index in [1.807, 2.05) is 0 Å². The SMILES string of the molecule is CCCCC/C=C/C/C=C/CCCCCCCCOCC(CCN(CC)CC)OCCCCCCCC/C=C/C/C=C/CCCCC. The molecule has 0 aliphatic carbocycles. The minimum absolute atomic E-state index is 0.234. The fourth-order valence-corrected chi connectivity index (χ4v) is 5.83. The Bertz CT molecular complexity index is 693. The van der Waals surface area contributed by atoms with Crippen molar-refractivity contribution >= 4 is 0 Å². The second-order valence-electron chi connectivity index (χ2n) is 13.6. The summed E-state index contributed by atoms with van der Waals surface area (Å²) in [5.74, 6) is 0. The van der Waals surface area contributed by atoms with Gasteiger partial charge in [0.1, 0.15) is 0 Å². The summed E-state index contributed by atoms with van der Waals surface area (Å²) < 4.78 is 12.5. The normalized spacial score (nSPS) is 13.1. The van der Waals surface area contributed by atoms with E-state index in [-0.39, 0.29) is 6.10 Å². The largest absolute Gasteiger partial charge is 0.379 e. The van der Waals surface area contributed by atoms with Crippen LogP contribution in [0.25, 0.3) is 0 Å². The first-order valence-electron chi connectivity index (χ1n) is 20.8. The van der Waals surface area contributed by atoms with E-state index in [4.69, 9.17) is 9.47 Å². The molecule has 0 bridgehead atoms. The monoisotopic (exact) mass is 658 g/mol. The highest BCUT2D eigenvalue weighted by Gasteiger charge is 2.11. The van der Waals surface area contributed by atoms with Crippen molar-refractivity contribution in [1.82, 2.24) is 4.90 Å². The maximum absolute atomic E-state index is 6.36.